The summed E-state index contributed by atoms with van der Waals surface area (Å²) >= 11 is 6.02. The van der Waals surface area contributed by atoms with Gasteiger partial charge < -0.3 is 14.2 Å². The van der Waals surface area contributed by atoms with Crippen LogP contribution in [0.1, 0.15) is 48.5 Å². The van der Waals surface area contributed by atoms with Gasteiger partial charge in [0.05, 0.1) is 11.2 Å². The first-order valence-electron chi connectivity index (χ1n) is 9.98. The third kappa shape index (κ3) is 2.80. The standard InChI is InChI=1S/C21H19ClN2O5S/c22-13-3-4-15-14(7-13)23-19(29-15)20-9-21(10-20,11-20)24-18(25)16-5-6-17(28-16)30(26,27)8-12-1-2-12/h3-7,12H,1-2,8-11H2,(H,24,25). The summed E-state index contributed by atoms with van der Waals surface area (Å²) in [5, 5.41) is 3.50. The van der Waals surface area contributed by atoms with Gasteiger partial charge in [0.2, 0.25) is 20.8 Å². The second-order valence-corrected chi connectivity index (χ2v) is 11.4. The number of carbonyl (C=O) groups excluding carboxylic acids is 1. The van der Waals surface area contributed by atoms with Crippen molar-refractivity contribution in [1.29, 1.82) is 0 Å². The molecule has 4 fully saturated rings. The monoisotopic (exact) mass is 446 g/mol. The number of carbonyl (C=O) groups is 1. The van der Waals surface area contributed by atoms with Crippen LogP contribution in [0.15, 0.2) is 44.3 Å². The van der Waals surface area contributed by atoms with Gasteiger partial charge in [-0.15, -0.1) is 0 Å². The lowest BCUT2D eigenvalue weighted by Gasteiger charge is -2.68. The number of halogens is 1. The summed E-state index contributed by atoms with van der Waals surface area (Å²) in [6, 6.07) is 8.16. The molecule has 2 bridgehead atoms. The number of sulfone groups is 1. The molecule has 30 heavy (non-hydrogen) atoms. The van der Waals surface area contributed by atoms with Gasteiger partial charge in [-0.25, -0.2) is 13.4 Å². The number of hydrogen-bond acceptors (Lipinski definition) is 6. The molecular formula is C21H19ClN2O5S. The van der Waals surface area contributed by atoms with Gasteiger partial charge in [-0.1, -0.05) is 11.6 Å². The molecule has 7 rings (SSSR count). The second kappa shape index (κ2) is 5.88. The quantitative estimate of drug-likeness (QED) is 0.616. The smallest absolute Gasteiger partial charge is 0.287 e. The van der Waals surface area contributed by atoms with Gasteiger partial charge in [-0.2, -0.15) is 0 Å². The van der Waals surface area contributed by atoms with Crippen LogP contribution >= 0.6 is 11.6 Å². The van der Waals surface area contributed by atoms with Crippen LogP contribution in [-0.4, -0.2) is 30.6 Å². The molecule has 0 saturated heterocycles. The van der Waals surface area contributed by atoms with E-state index in [4.69, 9.17) is 20.4 Å². The van der Waals surface area contributed by atoms with Crippen LogP contribution in [-0.2, 0) is 15.3 Å². The van der Waals surface area contributed by atoms with Gasteiger partial charge in [0.1, 0.15) is 5.52 Å². The van der Waals surface area contributed by atoms with E-state index in [1.54, 1.807) is 12.1 Å². The fraction of sp³-hybridized carbons (Fsp3) is 0.429. The van der Waals surface area contributed by atoms with E-state index in [2.05, 4.69) is 10.3 Å². The van der Waals surface area contributed by atoms with E-state index in [0.29, 0.717) is 16.5 Å². The molecule has 2 heterocycles. The number of amides is 1. The number of hydrogen-bond donors (Lipinski definition) is 1. The van der Waals surface area contributed by atoms with Crippen molar-refractivity contribution in [2.75, 3.05) is 5.75 Å². The summed E-state index contributed by atoms with van der Waals surface area (Å²) < 4.78 is 35.9. The molecule has 4 saturated carbocycles. The molecule has 4 aliphatic rings. The molecule has 2 aromatic heterocycles. The van der Waals surface area contributed by atoms with Crippen molar-refractivity contribution in [2.24, 2.45) is 5.92 Å². The minimum Gasteiger partial charge on any atom is -0.440 e. The first kappa shape index (κ1) is 18.4. The van der Waals surface area contributed by atoms with Gasteiger partial charge in [0.25, 0.3) is 5.91 Å². The predicted octanol–water partition coefficient (Wildman–Crippen LogP) is 3.86. The average molecular weight is 447 g/mol. The highest BCUT2D eigenvalue weighted by atomic mass is 35.5. The molecule has 1 N–H and O–H groups in total. The molecule has 3 aromatic rings. The number of furan rings is 1. The van der Waals surface area contributed by atoms with Crippen molar-refractivity contribution in [3.63, 3.8) is 0 Å². The Morgan fingerprint density at radius 1 is 1.17 bits per heavy atom. The van der Waals surface area contributed by atoms with Gasteiger partial charge in [-0.05, 0) is 68.4 Å². The Labute approximate surface area is 177 Å². The Kier molecular flexibility index (Phi) is 3.62. The highest BCUT2D eigenvalue weighted by Gasteiger charge is 2.71. The number of benzene rings is 1. The molecular weight excluding hydrogens is 428 g/mol. The summed E-state index contributed by atoms with van der Waals surface area (Å²) in [6.07, 6.45) is 4.08. The first-order valence-corrected chi connectivity index (χ1v) is 12.0. The Balaban J connectivity index is 1.13. The molecule has 0 spiro atoms. The van der Waals surface area contributed by atoms with E-state index in [0.717, 1.165) is 37.6 Å². The van der Waals surface area contributed by atoms with E-state index in [1.165, 1.54) is 12.1 Å². The lowest BCUT2D eigenvalue weighted by atomic mass is 9.39. The Morgan fingerprint density at radius 3 is 2.67 bits per heavy atom. The predicted molar refractivity (Wildman–Crippen MR) is 108 cm³/mol. The molecule has 7 nitrogen and oxygen atoms in total. The van der Waals surface area contributed by atoms with Crippen molar-refractivity contribution in [1.82, 2.24) is 10.3 Å². The summed E-state index contributed by atoms with van der Waals surface area (Å²) in [4.78, 5) is 17.2. The zero-order chi connectivity index (χ0) is 20.7. The summed E-state index contributed by atoms with van der Waals surface area (Å²) in [5.74, 6) is 0.628. The minimum absolute atomic E-state index is 0.0275. The summed E-state index contributed by atoms with van der Waals surface area (Å²) in [7, 11) is -3.47. The van der Waals surface area contributed by atoms with E-state index < -0.39 is 9.84 Å². The highest BCUT2D eigenvalue weighted by molar-refractivity contribution is 7.91. The SMILES string of the molecule is O=C(NC12CC(c3nc4cc(Cl)ccc4o3)(C1)C2)c1ccc(S(=O)(=O)CC2CC2)o1. The van der Waals surface area contributed by atoms with E-state index >= 15 is 0 Å². The zero-order valence-corrected chi connectivity index (χ0v) is 17.6. The highest BCUT2D eigenvalue weighted by Crippen LogP contribution is 2.67. The molecule has 156 valence electrons. The fourth-order valence-electron chi connectivity index (χ4n) is 4.86. The first-order chi connectivity index (χ1) is 14.3. The van der Waals surface area contributed by atoms with Crippen molar-refractivity contribution in [3.8, 4) is 0 Å². The molecule has 0 unspecified atom stereocenters. The molecule has 1 amide bonds. The van der Waals surface area contributed by atoms with E-state index in [9.17, 15) is 13.2 Å². The van der Waals surface area contributed by atoms with Crippen LogP contribution in [0.4, 0.5) is 0 Å². The Hall–Kier alpha value is -2.32. The number of fused-ring (bicyclic) bond motifs is 1. The van der Waals surface area contributed by atoms with Crippen LogP contribution in [0.2, 0.25) is 5.02 Å². The maximum Gasteiger partial charge on any atom is 0.287 e. The molecule has 9 heteroatoms. The van der Waals surface area contributed by atoms with Crippen LogP contribution in [0.25, 0.3) is 11.1 Å². The average Bonchev–Trinajstić information content (AvgIpc) is 3.14. The third-order valence-corrected chi connectivity index (χ3v) is 8.45. The third-order valence-electron chi connectivity index (χ3n) is 6.48. The Bertz CT molecular complexity index is 1280. The molecule has 0 atom stereocenters. The summed E-state index contributed by atoms with van der Waals surface area (Å²) in [6.45, 7) is 0. The van der Waals surface area contributed by atoms with Crippen molar-refractivity contribution < 1.29 is 22.0 Å². The molecule has 0 aliphatic heterocycles. The van der Waals surface area contributed by atoms with Gasteiger partial charge >= 0.3 is 0 Å². The van der Waals surface area contributed by atoms with Crippen molar-refractivity contribution in [3.05, 3.63) is 47.0 Å². The Morgan fingerprint density at radius 2 is 1.93 bits per heavy atom. The van der Waals surface area contributed by atoms with Crippen LogP contribution in [0.5, 0.6) is 0 Å². The summed E-state index contributed by atoms with van der Waals surface area (Å²) in [5.41, 5.74) is 0.971. The van der Waals surface area contributed by atoms with Crippen LogP contribution in [0, 0.1) is 5.92 Å². The normalized spacial score (nSPS) is 27.5. The largest absolute Gasteiger partial charge is 0.440 e. The van der Waals surface area contributed by atoms with Crippen LogP contribution in [0.3, 0.4) is 0 Å². The number of nitrogens with zero attached hydrogens (tertiary/aromatic N) is 1. The number of nitrogens with one attached hydrogen (secondary N) is 1. The minimum atomic E-state index is -3.47. The molecule has 0 radical (unpaired) electrons. The second-order valence-electron chi connectivity index (χ2n) is 9.02. The lowest BCUT2D eigenvalue weighted by molar-refractivity contribution is -0.0958. The van der Waals surface area contributed by atoms with E-state index in [1.807, 2.05) is 6.07 Å². The van der Waals surface area contributed by atoms with Gasteiger partial charge in [0.15, 0.2) is 11.3 Å². The zero-order valence-electron chi connectivity index (χ0n) is 16.0. The molecule has 4 aliphatic carbocycles. The van der Waals surface area contributed by atoms with Crippen molar-refractivity contribution in [2.45, 2.75) is 48.2 Å². The van der Waals surface area contributed by atoms with E-state index in [-0.39, 0.29) is 39.4 Å². The van der Waals surface area contributed by atoms with Crippen LogP contribution < -0.4 is 5.32 Å². The van der Waals surface area contributed by atoms with Gasteiger partial charge in [0, 0.05) is 10.6 Å². The fourth-order valence-corrected chi connectivity index (χ4v) is 6.64. The number of aromatic nitrogens is 1. The maximum absolute atomic E-state index is 12.6. The number of rotatable bonds is 6. The molecule has 1 aromatic carbocycles. The number of oxazole rings is 1. The lowest BCUT2D eigenvalue weighted by Crippen LogP contribution is -2.76. The maximum atomic E-state index is 12.6. The van der Waals surface area contributed by atoms with Gasteiger partial charge in [-0.3, -0.25) is 4.79 Å². The topological polar surface area (TPSA) is 102 Å². The van der Waals surface area contributed by atoms with Crippen molar-refractivity contribution >= 4 is 38.4 Å².